The molecule has 122 valence electrons. The molecule has 1 unspecified atom stereocenters. The van der Waals surface area contributed by atoms with Gasteiger partial charge in [0.15, 0.2) is 0 Å². The fraction of sp³-hybridized carbons (Fsp3) is 1.00. The van der Waals surface area contributed by atoms with Crippen molar-refractivity contribution in [2.45, 2.75) is 64.7 Å². The Labute approximate surface area is 126 Å². The highest BCUT2D eigenvalue weighted by Crippen LogP contribution is 2.45. The molecule has 4 nitrogen and oxygen atoms in total. The van der Waals surface area contributed by atoms with Crippen LogP contribution in [0.25, 0.3) is 0 Å². The van der Waals surface area contributed by atoms with Crippen molar-refractivity contribution >= 4 is 0 Å². The molecule has 0 rings (SSSR count). The van der Waals surface area contributed by atoms with Crippen molar-refractivity contribution in [1.82, 2.24) is 0 Å². The fourth-order valence-corrected chi connectivity index (χ4v) is 3.66. The third kappa shape index (κ3) is 7.02. The van der Waals surface area contributed by atoms with Crippen molar-refractivity contribution < 1.29 is 0 Å². The molecule has 1 atom stereocenters. The van der Waals surface area contributed by atoms with E-state index in [1.165, 1.54) is 32.1 Å². The van der Waals surface area contributed by atoms with Crippen LogP contribution in [0.3, 0.4) is 0 Å². The monoisotopic (exact) mass is 286 g/mol. The van der Waals surface area contributed by atoms with Gasteiger partial charge in [-0.15, -0.1) is 0 Å². The number of hydrogen-bond donors (Lipinski definition) is 4. The molecule has 0 saturated carbocycles. The van der Waals surface area contributed by atoms with Gasteiger partial charge in [0.2, 0.25) is 0 Å². The van der Waals surface area contributed by atoms with Crippen molar-refractivity contribution in [3.05, 3.63) is 0 Å². The third-order valence-electron chi connectivity index (χ3n) is 4.75. The first-order chi connectivity index (χ1) is 9.70. The summed E-state index contributed by atoms with van der Waals surface area (Å²) in [5, 5.41) is 0. The summed E-state index contributed by atoms with van der Waals surface area (Å²) in [6.45, 7) is 5.43. The maximum Gasteiger partial charge on any atom is -0.00771 e. The molecule has 0 amide bonds. The quantitative estimate of drug-likeness (QED) is 0.392. The van der Waals surface area contributed by atoms with Gasteiger partial charge in [0.25, 0.3) is 0 Å². The maximum absolute atomic E-state index is 5.77. The molecule has 0 aromatic heterocycles. The van der Waals surface area contributed by atoms with Gasteiger partial charge in [0, 0.05) is 0 Å². The van der Waals surface area contributed by atoms with Crippen LogP contribution in [-0.4, -0.2) is 26.2 Å². The molecule has 0 aliphatic heterocycles. The molecule has 0 heterocycles. The second kappa shape index (κ2) is 12.6. The fourth-order valence-electron chi connectivity index (χ4n) is 3.66. The number of rotatable bonds is 14. The highest BCUT2D eigenvalue weighted by atomic mass is 14.6. The lowest BCUT2D eigenvalue weighted by atomic mass is 9.64. The van der Waals surface area contributed by atoms with Crippen LogP contribution in [-0.2, 0) is 0 Å². The van der Waals surface area contributed by atoms with E-state index < -0.39 is 0 Å². The van der Waals surface area contributed by atoms with Gasteiger partial charge in [0.1, 0.15) is 0 Å². The average molecular weight is 287 g/mol. The highest BCUT2D eigenvalue weighted by molar-refractivity contribution is 4.86. The van der Waals surface area contributed by atoms with Crippen LogP contribution in [0.5, 0.6) is 0 Å². The second-order valence-corrected chi connectivity index (χ2v) is 6.08. The maximum atomic E-state index is 5.77. The second-order valence-electron chi connectivity index (χ2n) is 6.08. The first-order valence-corrected chi connectivity index (χ1v) is 8.51. The number of hydrogen-bond acceptors (Lipinski definition) is 4. The van der Waals surface area contributed by atoms with Crippen molar-refractivity contribution in [2.75, 3.05) is 26.2 Å². The molecule has 0 aliphatic rings. The first-order valence-electron chi connectivity index (χ1n) is 8.51. The lowest BCUT2D eigenvalue weighted by Gasteiger charge is -2.42. The van der Waals surface area contributed by atoms with Gasteiger partial charge < -0.3 is 22.9 Å². The summed E-state index contributed by atoms with van der Waals surface area (Å²) in [6.07, 6.45) is 10.5. The van der Waals surface area contributed by atoms with Gasteiger partial charge in [-0.05, 0) is 88.9 Å². The molecule has 20 heavy (non-hydrogen) atoms. The van der Waals surface area contributed by atoms with E-state index in [1.54, 1.807) is 0 Å². The minimum absolute atomic E-state index is 0.377. The van der Waals surface area contributed by atoms with Crippen molar-refractivity contribution in [3.8, 4) is 0 Å². The summed E-state index contributed by atoms with van der Waals surface area (Å²) in [6, 6.07) is 0. The lowest BCUT2D eigenvalue weighted by molar-refractivity contribution is 0.0936. The van der Waals surface area contributed by atoms with E-state index in [4.69, 9.17) is 22.9 Å². The highest BCUT2D eigenvalue weighted by Gasteiger charge is 2.35. The van der Waals surface area contributed by atoms with Crippen molar-refractivity contribution in [3.63, 3.8) is 0 Å². The van der Waals surface area contributed by atoms with Crippen LogP contribution >= 0.6 is 0 Å². The Morgan fingerprint density at radius 2 is 1.10 bits per heavy atom. The van der Waals surface area contributed by atoms with Crippen LogP contribution in [0.2, 0.25) is 0 Å². The third-order valence-corrected chi connectivity index (χ3v) is 4.75. The van der Waals surface area contributed by atoms with Crippen LogP contribution in [0, 0.1) is 11.3 Å². The van der Waals surface area contributed by atoms with Gasteiger partial charge in [-0.2, -0.15) is 0 Å². The Kier molecular flexibility index (Phi) is 12.5. The van der Waals surface area contributed by atoms with Crippen LogP contribution < -0.4 is 22.9 Å². The van der Waals surface area contributed by atoms with E-state index in [9.17, 15) is 0 Å². The summed E-state index contributed by atoms with van der Waals surface area (Å²) in [5.41, 5.74) is 23.4. The van der Waals surface area contributed by atoms with Crippen molar-refractivity contribution in [1.29, 1.82) is 0 Å². The molecule has 0 saturated heterocycles. The molecular weight excluding hydrogens is 248 g/mol. The smallest absolute Gasteiger partial charge is 0.00771 e. The zero-order valence-electron chi connectivity index (χ0n) is 13.6. The molecule has 0 bridgehead atoms. The molecular formula is C16H38N4. The zero-order chi connectivity index (χ0) is 15.3. The van der Waals surface area contributed by atoms with E-state index in [0.29, 0.717) is 5.41 Å². The number of nitrogens with two attached hydrogens (primary N) is 4. The van der Waals surface area contributed by atoms with E-state index in [2.05, 4.69) is 6.92 Å². The van der Waals surface area contributed by atoms with E-state index >= 15 is 0 Å². The molecule has 4 heteroatoms. The summed E-state index contributed by atoms with van der Waals surface area (Å²) >= 11 is 0. The summed E-state index contributed by atoms with van der Waals surface area (Å²) < 4.78 is 0. The average Bonchev–Trinajstić information content (AvgIpc) is 2.48. The molecule has 0 fully saturated rings. The Balaban J connectivity index is 4.95. The summed E-state index contributed by atoms with van der Waals surface area (Å²) in [7, 11) is 0. The summed E-state index contributed by atoms with van der Waals surface area (Å²) in [4.78, 5) is 0. The van der Waals surface area contributed by atoms with Crippen LogP contribution in [0.1, 0.15) is 64.7 Å². The van der Waals surface area contributed by atoms with E-state index in [-0.39, 0.29) is 0 Å². The Bertz CT molecular complexity index is 187. The van der Waals surface area contributed by atoms with Crippen molar-refractivity contribution in [2.24, 2.45) is 34.3 Å². The normalized spacial score (nSPS) is 13.7. The van der Waals surface area contributed by atoms with Crippen LogP contribution in [0.4, 0.5) is 0 Å². The first kappa shape index (κ1) is 19.8. The van der Waals surface area contributed by atoms with Gasteiger partial charge in [0.05, 0.1) is 0 Å². The molecule has 0 aromatic carbocycles. The molecule has 8 N–H and O–H groups in total. The zero-order valence-corrected chi connectivity index (χ0v) is 13.6. The lowest BCUT2D eigenvalue weighted by Crippen LogP contribution is -2.33. The Morgan fingerprint density at radius 3 is 1.40 bits per heavy atom. The standard InChI is InChI=1S/C16H38N4/c1-2-15(7-3-11-17)16(8-4-12-18,9-5-13-19)10-6-14-20/h15H,2-14,17-20H2,1H3. The van der Waals surface area contributed by atoms with E-state index in [0.717, 1.165) is 57.8 Å². The molecule has 0 spiro atoms. The van der Waals surface area contributed by atoms with Gasteiger partial charge in [-0.1, -0.05) is 13.3 Å². The SMILES string of the molecule is CCC(CCCN)C(CCCN)(CCCN)CCCN. The predicted octanol–water partition coefficient (Wildman–Crippen LogP) is 1.95. The van der Waals surface area contributed by atoms with Crippen LogP contribution in [0.15, 0.2) is 0 Å². The minimum Gasteiger partial charge on any atom is -0.330 e. The molecule has 0 aliphatic carbocycles. The summed E-state index contributed by atoms with van der Waals surface area (Å²) in [5.74, 6) is 0.732. The molecule has 0 radical (unpaired) electrons. The Morgan fingerprint density at radius 1 is 0.700 bits per heavy atom. The molecule has 0 aromatic rings. The van der Waals surface area contributed by atoms with Gasteiger partial charge in [-0.25, -0.2) is 0 Å². The topological polar surface area (TPSA) is 104 Å². The van der Waals surface area contributed by atoms with Gasteiger partial charge in [-0.3, -0.25) is 0 Å². The minimum atomic E-state index is 0.377. The van der Waals surface area contributed by atoms with Gasteiger partial charge >= 0.3 is 0 Å². The largest absolute Gasteiger partial charge is 0.330 e. The van der Waals surface area contributed by atoms with E-state index in [1.807, 2.05) is 0 Å². The Hall–Kier alpha value is -0.160. The predicted molar refractivity (Wildman–Crippen MR) is 89.4 cm³/mol.